The summed E-state index contributed by atoms with van der Waals surface area (Å²) in [6, 6.07) is 17.1. The van der Waals surface area contributed by atoms with Gasteiger partial charge in [-0.25, -0.2) is 9.78 Å². The number of halogens is 1. The van der Waals surface area contributed by atoms with Crippen molar-refractivity contribution in [1.82, 2.24) is 15.3 Å². The Morgan fingerprint density at radius 1 is 1.05 bits per heavy atom. The van der Waals surface area contributed by atoms with Crippen molar-refractivity contribution < 1.29 is 24.5 Å². The molecule has 192 valence electrons. The largest absolute Gasteiger partial charge is 0.489 e. The molecule has 0 unspecified atom stereocenters. The average Bonchev–Trinajstić information content (AvgIpc) is 3.29. The number of aliphatic hydroxyl groups is 1. The van der Waals surface area contributed by atoms with Gasteiger partial charge in [0.05, 0.1) is 27.7 Å². The van der Waals surface area contributed by atoms with Gasteiger partial charge in [0.15, 0.2) is 0 Å². The molecule has 1 heterocycles. The molecule has 0 bridgehead atoms. The lowest BCUT2D eigenvalue weighted by atomic mass is 10.0. The summed E-state index contributed by atoms with van der Waals surface area (Å²) in [6.07, 6.45) is 0.886. The van der Waals surface area contributed by atoms with Crippen LogP contribution >= 0.6 is 11.6 Å². The van der Waals surface area contributed by atoms with Crippen molar-refractivity contribution in [2.24, 2.45) is 0 Å². The van der Waals surface area contributed by atoms with E-state index in [0.29, 0.717) is 46.0 Å². The summed E-state index contributed by atoms with van der Waals surface area (Å²) < 4.78 is 5.62. The summed E-state index contributed by atoms with van der Waals surface area (Å²) in [7, 11) is 0. The number of aromatic amines is 1. The zero-order valence-corrected chi connectivity index (χ0v) is 21.2. The number of amides is 1. The number of carboxylic acids is 1. The molecule has 0 aliphatic heterocycles. The predicted molar refractivity (Wildman–Crippen MR) is 142 cm³/mol. The molecule has 0 saturated heterocycles. The Hall–Kier alpha value is -3.88. The molecule has 3 aromatic carbocycles. The van der Waals surface area contributed by atoms with Gasteiger partial charge in [0, 0.05) is 23.8 Å². The van der Waals surface area contributed by atoms with Crippen LogP contribution in [0, 0.1) is 0 Å². The Morgan fingerprint density at radius 2 is 1.78 bits per heavy atom. The summed E-state index contributed by atoms with van der Waals surface area (Å²) in [6.45, 7) is 3.73. The fourth-order valence-corrected chi connectivity index (χ4v) is 4.23. The van der Waals surface area contributed by atoms with Crippen molar-refractivity contribution in [3.8, 4) is 17.1 Å². The molecule has 0 spiro atoms. The highest BCUT2D eigenvalue weighted by Gasteiger charge is 2.17. The number of hydrogen-bond acceptors (Lipinski definition) is 5. The molecule has 0 fully saturated rings. The maximum Gasteiger partial charge on any atom is 0.335 e. The quantitative estimate of drug-likeness (QED) is 0.230. The lowest BCUT2D eigenvalue weighted by Gasteiger charge is -2.19. The second-order valence-electron chi connectivity index (χ2n) is 9.02. The fraction of sp³-hybridized carbons (Fsp3) is 0.250. The van der Waals surface area contributed by atoms with E-state index in [-0.39, 0.29) is 30.2 Å². The van der Waals surface area contributed by atoms with Gasteiger partial charge < -0.3 is 25.3 Å². The van der Waals surface area contributed by atoms with Gasteiger partial charge in [-0.1, -0.05) is 35.9 Å². The molecular weight excluding hydrogens is 494 g/mol. The first-order valence-corrected chi connectivity index (χ1v) is 12.3. The normalized spacial score (nSPS) is 12.0. The van der Waals surface area contributed by atoms with Gasteiger partial charge in [-0.15, -0.1) is 0 Å². The third kappa shape index (κ3) is 6.47. The molecule has 4 aromatic rings. The molecule has 8 nitrogen and oxygen atoms in total. The number of rotatable bonds is 10. The highest BCUT2D eigenvalue weighted by Crippen LogP contribution is 2.27. The number of aromatic carboxylic acids is 1. The second kappa shape index (κ2) is 11.5. The second-order valence-corrected chi connectivity index (χ2v) is 9.43. The van der Waals surface area contributed by atoms with Gasteiger partial charge in [-0.05, 0) is 68.7 Å². The minimum absolute atomic E-state index is 0.0332. The minimum atomic E-state index is -0.993. The van der Waals surface area contributed by atoms with Crippen molar-refractivity contribution in [2.45, 2.75) is 38.8 Å². The van der Waals surface area contributed by atoms with Crippen molar-refractivity contribution >= 4 is 34.5 Å². The summed E-state index contributed by atoms with van der Waals surface area (Å²) in [5, 5.41) is 22.1. The van der Waals surface area contributed by atoms with E-state index >= 15 is 0 Å². The fourth-order valence-electron chi connectivity index (χ4n) is 4.00. The first-order valence-electron chi connectivity index (χ1n) is 11.9. The summed E-state index contributed by atoms with van der Waals surface area (Å²) in [5.74, 6) is -0.124. The molecule has 0 aliphatic carbocycles. The van der Waals surface area contributed by atoms with Gasteiger partial charge in [0.25, 0.3) is 5.91 Å². The number of carboxylic acid groups (broad SMARTS) is 1. The Labute approximate surface area is 219 Å². The van der Waals surface area contributed by atoms with E-state index in [2.05, 4.69) is 15.3 Å². The number of fused-ring (bicyclic) bond motifs is 1. The summed E-state index contributed by atoms with van der Waals surface area (Å²) in [5.41, 5.74) is 3.75. The number of carbonyl (C=O) groups is 2. The van der Waals surface area contributed by atoms with Crippen LogP contribution in [0.2, 0.25) is 5.02 Å². The van der Waals surface area contributed by atoms with Crippen molar-refractivity contribution in [1.29, 1.82) is 0 Å². The molecule has 0 saturated carbocycles. The van der Waals surface area contributed by atoms with Crippen molar-refractivity contribution in [3.05, 3.63) is 82.4 Å². The van der Waals surface area contributed by atoms with Crippen LogP contribution in [0.25, 0.3) is 22.4 Å². The third-order valence-corrected chi connectivity index (χ3v) is 6.10. The Balaban J connectivity index is 1.44. The SMILES string of the molecule is CC(C)Oc1ccc(C(=O)N[C@H](CCO)Cc2ccc(-c3nc4ccc(C(=O)O)cc4[nH]3)cc2)cc1Cl. The molecule has 0 aliphatic rings. The number of aromatic nitrogens is 2. The number of carbonyl (C=O) groups excluding carboxylic acids is 1. The zero-order chi connectivity index (χ0) is 26.5. The topological polar surface area (TPSA) is 125 Å². The van der Waals surface area contributed by atoms with Gasteiger partial charge in [0.2, 0.25) is 0 Å². The Morgan fingerprint density at radius 3 is 2.43 bits per heavy atom. The van der Waals surface area contributed by atoms with E-state index < -0.39 is 5.97 Å². The number of hydrogen-bond donors (Lipinski definition) is 4. The molecule has 1 amide bonds. The highest BCUT2D eigenvalue weighted by molar-refractivity contribution is 6.32. The maximum atomic E-state index is 12.9. The summed E-state index contributed by atoms with van der Waals surface area (Å²) in [4.78, 5) is 31.8. The van der Waals surface area contributed by atoms with Crippen molar-refractivity contribution in [3.63, 3.8) is 0 Å². The molecule has 37 heavy (non-hydrogen) atoms. The smallest absolute Gasteiger partial charge is 0.335 e. The standard InChI is InChI=1S/C28H28ClN3O5/c1-16(2)37-25-10-8-19(14-22(25)29)27(34)30-21(11-12-33)13-17-3-5-18(6-4-17)26-31-23-9-7-20(28(35)36)15-24(23)32-26/h3-10,14-16,21,33H,11-13H2,1-2H3,(H,30,34)(H,31,32)(H,35,36)/t21-/m1/s1. The highest BCUT2D eigenvalue weighted by atomic mass is 35.5. The number of nitrogens with zero attached hydrogens (tertiary/aromatic N) is 1. The molecule has 4 N–H and O–H groups in total. The van der Waals surface area contributed by atoms with E-state index in [1.54, 1.807) is 30.3 Å². The molecule has 9 heteroatoms. The number of H-pyrrole nitrogens is 1. The minimum Gasteiger partial charge on any atom is -0.489 e. The predicted octanol–water partition coefficient (Wildman–Crippen LogP) is 5.09. The van der Waals surface area contributed by atoms with E-state index in [9.17, 15) is 19.8 Å². The number of nitrogens with one attached hydrogen (secondary N) is 2. The van der Waals surface area contributed by atoms with Crippen molar-refractivity contribution in [2.75, 3.05) is 6.61 Å². The molecule has 4 rings (SSSR count). The zero-order valence-electron chi connectivity index (χ0n) is 20.5. The Bertz CT molecular complexity index is 1420. The van der Waals surface area contributed by atoms with Crippen LogP contribution in [0.3, 0.4) is 0 Å². The number of aliphatic hydroxyl groups excluding tert-OH is 1. The van der Waals surface area contributed by atoms with Gasteiger partial charge in [-0.3, -0.25) is 4.79 Å². The van der Waals surface area contributed by atoms with Gasteiger partial charge in [0.1, 0.15) is 11.6 Å². The van der Waals surface area contributed by atoms with Crippen LogP contribution in [-0.4, -0.2) is 50.8 Å². The molecule has 0 radical (unpaired) electrons. The lowest BCUT2D eigenvalue weighted by Crippen LogP contribution is -2.37. The van der Waals surface area contributed by atoms with E-state index in [4.69, 9.17) is 16.3 Å². The van der Waals surface area contributed by atoms with Crippen LogP contribution in [-0.2, 0) is 6.42 Å². The van der Waals surface area contributed by atoms with Gasteiger partial charge in [-0.2, -0.15) is 0 Å². The van der Waals surface area contributed by atoms with Crippen LogP contribution in [0.15, 0.2) is 60.7 Å². The van der Waals surface area contributed by atoms with E-state index in [0.717, 1.165) is 11.1 Å². The number of benzene rings is 3. The van der Waals surface area contributed by atoms with E-state index in [1.807, 2.05) is 38.1 Å². The van der Waals surface area contributed by atoms with Crippen LogP contribution in [0.4, 0.5) is 0 Å². The van der Waals surface area contributed by atoms with Crippen LogP contribution < -0.4 is 10.1 Å². The molecule has 1 atom stereocenters. The first kappa shape index (κ1) is 26.2. The number of ether oxygens (including phenoxy) is 1. The number of imidazole rings is 1. The monoisotopic (exact) mass is 521 g/mol. The third-order valence-electron chi connectivity index (χ3n) is 5.81. The molecule has 1 aromatic heterocycles. The Kier molecular flexibility index (Phi) is 8.11. The summed E-state index contributed by atoms with van der Waals surface area (Å²) >= 11 is 6.28. The van der Waals surface area contributed by atoms with Gasteiger partial charge >= 0.3 is 5.97 Å². The van der Waals surface area contributed by atoms with E-state index in [1.165, 1.54) is 6.07 Å². The van der Waals surface area contributed by atoms with Crippen LogP contribution in [0.1, 0.15) is 46.5 Å². The first-order chi connectivity index (χ1) is 17.7. The molecular formula is C28H28ClN3O5. The average molecular weight is 522 g/mol. The lowest BCUT2D eigenvalue weighted by molar-refractivity contribution is 0.0696. The maximum absolute atomic E-state index is 12.9. The van der Waals surface area contributed by atoms with Crippen LogP contribution in [0.5, 0.6) is 5.75 Å².